The van der Waals surface area contributed by atoms with Crippen LogP contribution in [0.2, 0.25) is 0 Å². The molecule has 20 heavy (non-hydrogen) atoms. The maximum Gasteiger partial charge on any atom is 0.387 e. The number of rotatable bonds is 5. The van der Waals surface area contributed by atoms with E-state index in [0.717, 1.165) is 12.0 Å². The molecule has 0 saturated heterocycles. The van der Waals surface area contributed by atoms with Gasteiger partial charge in [0.05, 0.1) is 12.6 Å². The summed E-state index contributed by atoms with van der Waals surface area (Å²) in [5, 5.41) is 0. The first kappa shape index (κ1) is 14.6. The molecule has 0 aliphatic carbocycles. The Hall–Kier alpha value is -1.85. The molecule has 0 amide bonds. The first-order valence-electron chi connectivity index (χ1n) is 6.66. The molecule has 0 radical (unpaired) electrons. The Morgan fingerprint density at radius 1 is 1.40 bits per heavy atom. The molecule has 0 spiro atoms. The van der Waals surface area contributed by atoms with E-state index in [1.807, 2.05) is 0 Å². The van der Waals surface area contributed by atoms with E-state index in [1.54, 1.807) is 24.3 Å². The Morgan fingerprint density at radius 2 is 2.05 bits per heavy atom. The Bertz CT molecular complexity index is 476. The number of halogens is 2. The van der Waals surface area contributed by atoms with Crippen molar-refractivity contribution in [3.8, 4) is 5.75 Å². The van der Waals surface area contributed by atoms with Crippen LogP contribution < -0.4 is 10.5 Å². The third-order valence-electron chi connectivity index (χ3n) is 3.58. The SMILES string of the molecule is CCC(C)N1C(N)=NCC1c1ccc(OC(F)F)cc1. The van der Waals surface area contributed by atoms with Crippen LogP contribution in [-0.2, 0) is 0 Å². The second kappa shape index (κ2) is 6.07. The molecule has 0 saturated carbocycles. The van der Waals surface area contributed by atoms with Crippen LogP contribution in [0.3, 0.4) is 0 Å². The third kappa shape index (κ3) is 3.00. The zero-order chi connectivity index (χ0) is 14.7. The van der Waals surface area contributed by atoms with E-state index in [2.05, 4.69) is 28.5 Å². The monoisotopic (exact) mass is 283 g/mol. The van der Waals surface area contributed by atoms with E-state index >= 15 is 0 Å². The molecule has 2 atom stereocenters. The van der Waals surface area contributed by atoms with Gasteiger partial charge >= 0.3 is 6.61 Å². The highest BCUT2D eigenvalue weighted by Crippen LogP contribution is 2.29. The Labute approximate surface area is 117 Å². The van der Waals surface area contributed by atoms with E-state index in [1.165, 1.54) is 0 Å². The minimum absolute atomic E-state index is 0.0607. The lowest BCUT2D eigenvalue weighted by molar-refractivity contribution is -0.0498. The molecule has 0 bridgehead atoms. The van der Waals surface area contributed by atoms with Crippen LogP contribution in [0.1, 0.15) is 31.9 Å². The van der Waals surface area contributed by atoms with E-state index in [0.29, 0.717) is 12.5 Å². The normalized spacial score (nSPS) is 20.1. The average molecular weight is 283 g/mol. The smallest absolute Gasteiger partial charge is 0.387 e. The topological polar surface area (TPSA) is 50.8 Å². The highest BCUT2D eigenvalue weighted by molar-refractivity contribution is 5.80. The van der Waals surface area contributed by atoms with Gasteiger partial charge in [0.15, 0.2) is 5.96 Å². The summed E-state index contributed by atoms with van der Waals surface area (Å²) in [5.41, 5.74) is 6.93. The number of benzene rings is 1. The molecule has 1 aliphatic heterocycles. The summed E-state index contributed by atoms with van der Waals surface area (Å²) < 4.78 is 28.6. The highest BCUT2D eigenvalue weighted by atomic mass is 19.3. The molecule has 110 valence electrons. The van der Waals surface area contributed by atoms with Crippen LogP contribution in [-0.4, -0.2) is 30.1 Å². The first-order chi connectivity index (χ1) is 9.52. The number of alkyl halides is 2. The lowest BCUT2D eigenvalue weighted by atomic mass is 10.0. The van der Waals surface area contributed by atoms with Gasteiger partial charge in [0.25, 0.3) is 0 Å². The fourth-order valence-electron chi connectivity index (χ4n) is 2.38. The molecule has 6 heteroatoms. The van der Waals surface area contributed by atoms with Crippen molar-refractivity contribution in [3.05, 3.63) is 29.8 Å². The van der Waals surface area contributed by atoms with Crippen molar-refractivity contribution in [3.63, 3.8) is 0 Å². The zero-order valence-electron chi connectivity index (χ0n) is 11.6. The summed E-state index contributed by atoms with van der Waals surface area (Å²) in [6, 6.07) is 7.00. The predicted octanol–water partition coefficient (Wildman–Crippen LogP) is 2.76. The van der Waals surface area contributed by atoms with Crippen LogP contribution in [0.5, 0.6) is 5.75 Å². The van der Waals surface area contributed by atoms with Crippen molar-refractivity contribution < 1.29 is 13.5 Å². The van der Waals surface area contributed by atoms with E-state index in [-0.39, 0.29) is 17.8 Å². The van der Waals surface area contributed by atoms with Crippen molar-refractivity contribution in [2.24, 2.45) is 10.7 Å². The minimum Gasteiger partial charge on any atom is -0.435 e. The van der Waals surface area contributed by atoms with Crippen LogP contribution in [0.15, 0.2) is 29.3 Å². The Balaban J connectivity index is 2.15. The second-order valence-corrected chi connectivity index (χ2v) is 4.83. The third-order valence-corrected chi connectivity index (χ3v) is 3.58. The molecule has 1 aliphatic rings. The molecule has 2 N–H and O–H groups in total. The van der Waals surface area contributed by atoms with Gasteiger partial charge in [-0.25, -0.2) is 0 Å². The summed E-state index contributed by atoms with van der Waals surface area (Å²) in [4.78, 5) is 6.36. The fourth-order valence-corrected chi connectivity index (χ4v) is 2.38. The van der Waals surface area contributed by atoms with Crippen molar-refractivity contribution in [2.45, 2.75) is 39.0 Å². The van der Waals surface area contributed by atoms with Crippen molar-refractivity contribution >= 4 is 5.96 Å². The number of aliphatic imine (C=N–C) groups is 1. The van der Waals surface area contributed by atoms with Gasteiger partial charge in [0.1, 0.15) is 5.75 Å². The quantitative estimate of drug-likeness (QED) is 0.904. The van der Waals surface area contributed by atoms with Gasteiger partial charge in [-0.1, -0.05) is 19.1 Å². The van der Waals surface area contributed by atoms with E-state index in [4.69, 9.17) is 5.73 Å². The summed E-state index contributed by atoms with van der Waals surface area (Å²) in [6.45, 7) is 1.97. The highest BCUT2D eigenvalue weighted by Gasteiger charge is 2.30. The summed E-state index contributed by atoms with van der Waals surface area (Å²) in [6.07, 6.45) is 0.958. The summed E-state index contributed by atoms with van der Waals surface area (Å²) in [7, 11) is 0. The van der Waals surface area contributed by atoms with Crippen LogP contribution >= 0.6 is 0 Å². The molecule has 0 aromatic heterocycles. The molecular weight excluding hydrogens is 264 g/mol. The van der Waals surface area contributed by atoms with Gasteiger partial charge in [-0.15, -0.1) is 0 Å². The zero-order valence-corrected chi connectivity index (χ0v) is 11.6. The lowest BCUT2D eigenvalue weighted by Crippen LogP contribution is -2.42. The van der Waals surface area contributed by atoms with Gasteiger partial charge in [-0.3, -0.25) is 4.99 Å². The number of guanidine groups is 1. The minimum atomic E-state index is -2.80. The largest absolute Gasteiger partial charge is 0.435 e. The van der Waals surface area contributed by atoms with Gasteiger partial charge in [0.2, 0.25) is 0 Å². The van der Waals surface area contributed by atoms with Crippen molar-refractivity contribution in [1.29, 1.82) is 0 Å². The van der Waals surface area contributed by atoms with Gasteiger partial charge in [-0.2, -0.15) is 8.78 Å². The standard InChI is InChI=1S/C14H19F2N3O/c1-3-9(2)19-12(8-18-14(19)17)10-4-6-11(7-5-10)20-13(15)16/h4-7,9,12-13H,3,8H2,1-2H3,(H2,17,18). The maximum atomic E-state index is 12.1. The Kier molecular flexibility index (Phi) is 4.42. The fraction of sp³-hybridized carbons (Fsp3) is 0.500. The molecule has 4 nitrogen and oxygen atoms in total. The molecule has 1 heterocycles. The summed E-state index contributed by atoms with van der Waals surface area (Å²) >= 11 is 0. The lowest BCUT2D eigenvalue weighted by Gasteiger charge is -2.32. The van der Waals surface area contributed by atoms with Crippen molar-refractivity contribution in [2.75, 3.05) is 6.54 Å². The molecule has 1 aromatic rings. The average Bonchev–Trinajstić information content (AvgIpc) is 2.80. The number of nitrogens with two attached hydrogens (primary N) is 1. The number of nitrogens with zero attached hydrogens (tertiary/aromatic N) is 2. The van der Waals surface area contributed by atoms with Crippen LogP contribution in [0.4, 0.5) is 8.78 Å². The summed E-state index contributed by atoms with van der Waals surface area (Å²) in [5.74, 6) is 0.697. The number of hydrogen-bond donors (Lipinski definition) is 1. The van der Waals surface area contributed by atoms with Gasteiger partial charge < -0.3 is 15.4 Å². The maximum absolute atomic E-state index is 12.1. The number of hydrogen-bond acceptors (Lipinski definition) is 4. The first-order valence-corrected chi connectivity index (χ1v) is 6.66. The molecule has 2 unspecified atom stereocenters. The molecule has 1 aromatic carbocycles. The van der Waals surface area contributed by atoms with Gasteiger partial charge in [-0.05, 0) is 31.0 Å². The number of ether oxygens (including phenoxy) is 1. The van der Waals surface area contributed by atoms with E-state index < -0.39 is 6.61 Å². The predicted molar refractivity (Wildman–Crippen MR) is 73.9 cm³/mol. The van der Waals surface area contributed by atoms with Crippen molar-refractivity contribution in [1.82, 2.24) is 4.90 Å². The van der Waals surface area contributed by atoms with Gasteiger partial charge in [0, 0.05) is 6.04 Å². The molecule has 0 fully saturated rings. The Morgan fingerprint density at radius 3 is 2.60 bits per heavy atom. The van der Waals surface area contributed by atoms with E-state index in [9.17, 15) is 8.78 Å². The molecule has 2 rings (SSSR count). The van der Waals surface area contributed by atoms with Crippen LogP contribution in [0, 0.1) is 0 Å². The second-order valence-electron chi connectivity index (χ2n) is 4.83. The van der Waals surface area contributed by atoms with Crippen LogP contribution in [0.25, 0.3) is 0 Å². The molecular formula is C14H19F2N3O.